The minimum Gasteiger partial charge on any atom is -0.493 e. The average molecular weight is 331 g/mol. The van der Waals surface area contributed by atoms with Crippen molar-refractivity contribution >= 4 is 17.5 Å². The van der Waals surface area contributed by atoms with Crippen LogP contribution in [0.25, 0.3) is 0 Å². The molecule has 1 aromatic heterocycles. The first-order chi connectivity index (χ1) is 11.5. The fourth-order valence-corrected chi connectivity index (χ4v) is 1.85. The van der Waals surface area contributed by atoms with E-state index in [1.54, 1.807) is 18.2 Å². The van der Waals surface area contributed by atoms with Crippen molar-refractivity contribution in [3.05, 3.63) is 36.2 Å². The molecule has 0 unspecified atom stereocenters. The fraction of sp³-hybridized carbons (Fsp3) is 0.250. The molecule has 1 aromatic carbocycles. The molecule has 1 N–H and O–H groups in total. The van der Waals surface area contributed by atoms with Crippen LogP contribution < -0.4 is 19.5 Å². The van der Waals surface area contributed by atoms with Crippen molar-refractivity contribution in [3.63, 3.8) is 0 Å². The van der Waals surface area contributed by atoms with Gasteiger partial charge in [-0.3, -0.25) is 9.59 Å². The summed E-state index contributed by atoms with van der Waals surface area (Å²) in [6.07, 6.45) is 1.28. The van der Waals surface area contributed by atoms with Crippen LogP contribution in [-0.4, -0.2) is 42.5 Å². The zero-order valence-corrected chi connectivity index (χ0v) is 13.5. The summed E-state index contributed by atoms with van der Waals surface area (Å²) in [6.45, 7) is 1.21. The summed E-state index contributed by atoms with van der Waals surface area (Å²) in [5, 5.41) is 2.56. The van der Waals surface area contributed by atoms with Gasteiger partial charge in [-0.15, -0.1) is 0 Å². The number of Topliss-reactive ketones (excluding diaryl/α,β-unsaturated/α-hetero) is 1. The van der Waals surface area contributed by atoms with E-state index >= 15 is 0 Å². The van der Waals surface area contributed by atoms with Crippen LogP contribution in [0.4, 0.5) is 5.82 Å². The number of aromatic nitrogens is 2. The van der Waals surface area contributed by atoms with Crippen molar-refractivity contribution in [1.29, 1.82) is 0 Å². The summed E-state index contributed by atoms with van der Waals surface area (Å²) in [5.41, 5.74) is 0.497. The Balaban J connectivity index is 1.99. The molecule has 1 amide bonds. The highest BCUT2D eigenvalue weighted by Crippen LogP contribution is 2.28. The molecule has 0 bridgehead atoms. The van der Waals surface area contributed by atoms with E-state index in [-0.39, 0.29) is 12.4 Å². The predicted octanol–water partition coefficient (Wildman–Crippen LogP) is 1.71. The summed E-state index contributed by atoms with van der Waals surface area (Å²) >= 11 is 0. The summed E-state index contributed by atoms with van der Waals surface area (Å²) in [4.78, 5) is 31.0. The van der Waals surface area contributed by atoms with E-state index in [4.69, 9.17) is 14.2 Å². The van der Waals surface area contributed by atoms with Crippen molar-refractivity contribution in [2.24, 2.45) is 0 Å². The number of ether oxygens (including phenoxy) is 3. The SMILES string of the molecule is COc1cc(NC(=O)COc2ccc(C(C)=O)cc2OC)ncn1. The lowest BCUT2D eigenvalue weighted by atomic mass is 10.1. The highest BCUT2D eigenvalue weighted by Gasteiger charge is 2.11. The lowest BCUT2D eigenvalue weighted by Gasteiger charge is -2.11. The number of rotatable bonds is 7. The monoisotopic (exact) mass is 331 g/mol. The zero-order valence-electron chi connectivity index (χ0n) is 13.5. The van der Waals surface area contributed by atoms with E-state index in [0.717, 1.165) is 0 Å². The van der Waals surface area contributed by atoms with E-state index in [9.17, 15) is 9.59 Å². The number of benzene rings is 1. The molecule has 0 fully saturated rings. The summed E-state index contributed by atoms with van der Waals surface area (Å²) in [7, 11) is 2.92. The van der Waals surface area contributed by atoms with Gasteiger partial charge >= 0.3 is 0 Å². The first kappa shape index (κ1) is 17.2. The Morgan fingerprint density at radius 3 is 2.54 bits per heavy atom. The molecule has 2 rings (SSSR count). The Bertz CT molecular complexity index is 748. The van der Waals surface area contributed by atoms with Gasteiger partial charge in [0.25, 0.3) is 5.91 Å². The number of carbonyl (C=O) groups is 2. The van der Waals surface area contributed by atoms with Crippen LogP contribution in [0.5, 0.6) is 17.4 Å². The number of ketones is 1. The van der Waals surface area contributed by atoms with Crippen LogP contribution in [0, 0.1) is 0 Å². The van der Waals surface area contributed by atoms with Crippen molar-refractivity contribution in [2.45, 2.75) is 6.92 Å². The van der Waals surface area contributed by atoms with Crippen LogP contribution in [0.3, 0.4) is 0 Å². The Morgan fingerprint density at radius 2 is 1.88 bits per heavy atom. The smallest absolute Gasteiger partial charge is 0.263 e. The second kappa shape index (κ2) is 7.91. The highest BCUT2D eigenvalue weighted by molar-refractivity contribution is 5.94. The second-order valence-electron chi connectivity index (χ2n) is 4.70. The van der Waals surface area contributed by atoms with Crippen molar-refractivity contribution in [3.8, 4) is 17.4 Å². The molecule has 126 valence electrons. The average Bonchev–Trinajstić information content (AvgIpc) is 2.59. The lowest BCUT2D eigenvalue weighted by molar-refractivity contribution is -0.118. The second-order valence-corrected chi connectivity index (χ2v) is 4.70. The third-order valence-electron chi connectivity index (χ3n) is 3.05. The van der Waals surface area contributed by atoms with Crippen LogP contribution in [0.1, 0.15) is 17.3 Å². The van der Waals surface area contributed by atoms with Gasteiger partial charge in [-0.25, -0.2) is 9.97 Å². The molecule has 8 nitrogen and oxygen atoms in total. The quantitative estimate of drug-likeness (QED) is 0.771. The lowest BCUT2D eigenvalue weighted by Crippen LogP contribution is -2.21. The molecule has 24 heavy (non-hydrogen) atoms. The van der Waals surface area contributed by atoms with E-state index in [0.29, 0.717) is 28.8 Å². The van der Waals surface area contributed by atoms with E-state index < -0.39 is 5.91 Å². The number of amides is 1. The molecule has 0 aliphatic rings. The van der Waals surface area contributed by atoms with Gasteiger partial charge in [-0.05, 0) is 25.1 Å². The minimum absolute atomic E-state index is 0.0877. The van der Waals surface area contributed by atoms with Gasteiger partial charge in [0.05, 0.1) is 14.2 Å². The maximum Gasteiger partial charge on any atom is 0.263 e. The Kier molecular flexibility index (Phi) is 5.67. The van der Waals surface area contributed by atoms with Gasteiger partial charge in [0, 0.05) is 11.6 Å². The minimum atomic E-state index is -0.409. The highest BCUT2D eigenvalue weighted by atomic mass is 16.5. The predicted molar refractivity (Wildman–Crippen MR) is 85.7 cm³/mol. The maximum atomic E-state index is 11.9. The van der Waals surface area contributed by atoms with Gasteiger partial charge in [-0.2, -0.15) is 0 Å². The van der Waals surface area contributed by atoms with Gasteiger partial charge in [0.2, 0.25) is 5.88 Å². The van der Waals surface area contributed by atoms with Crippen LogP contribution >= 0.6 is 0 Å². The number of nitrogens with one attached hydrogen (secondary N) is 1. The van der Waals surface area contributed by atoms with Gasteiger partial charge in [-0.1, -0.05) is 0 Å². The van der Waals surface area contributed by atoms with Crippen molar-refractivity contribution < 1.29 is 23.8 Å². The fourth-order valence-electron chi connectivity index (χ4n) is 1.85. The number of nitrogens with zero attached hydrogens (tertiary/aromatic N) is 2. The molecule has 0 aliphatic carbocycles. The van der Waals surface area contributed by atoms with Gasteiger partial charge in [0.15, 0.2) is 23.9 Å². The summed E-state index contributed by atoms with van der Waals surface area (Å²) in [6, 6.07) is 6.23. The zero-order chi connectivity index (χ0) is 17.5. The summed E-state index contributed by atoms with van der Waals surface area (Å²) in [5.74, 6) is 0.873. The first-order valence-electron chi connectivity index (χ1n) is 7.01. The van der Waals surface area contributed by atoms with E-state index in [1.165, 1.54) is 33.5 Å². The molecule has 0 saturated heterocycles. The number of carbonyl (C=O) groups excluding carboxylic acids is 2. The molecule has 0 saturated carbocycles. The molecule has 0 atom stereocenters. The molecule has 8 heteroatoms. The molecular formula is C16H17N3O5. The van der Waals surface area contributed by atoms with E-state index in [1.807, 2.05) is 0 Å². The van der Waals surface area contributed by atoms with Crippen LogP contribution in [0.15, 0.2) is 30.6 Å². The molecular weight excluding hydrogens is 314 g/mol. The Morgan fingerprint density at radius 1 is 1.08 bits per heavy atom. The molecule has 0 aliphatic heterocycles. The van der Waals surface area contributed by atoms with Crippen molar-refractivity contribution in [1.82, 2.24) is 9.97 Å². The van der Waals surface area contributed by atoms with Crippen LogP contribution in [-0.2, 0) is 4.79 Å². The number of methoxy groups -OCH3 is 2. The molecule has 1 heterocycles. The normalized spacial score (nSPS) is 9.96. The third-order valence-corrected chi connectivity index (χ3v) is 3.05. The largest absolute Gasteiger partial charge is 0.493 e. The first-order valence-corrected chi connectivity index (χ1v) is 7.01. The maximum absolute atomic E-state index is 11.9. The number of hydrogen-bond donors (Lipinski definition) is 1. The molecule has 0 radical (unpaired) electrons. The number of hydrogen-bond acceptors (Lipinski definition) is 7. The Labute approximate surface area is 138 Å². The molecule has 2 aromatic rings. The van der Waals surface area contributed by atoms with Gasteiger partial charge in [0.1, 0.15) is 12.1 Å². The summed E-state index contributed by atoms with van der Waals surface area (Å²) < 4.78 is 15.6. The Hall–Kier alpha value is -3.16. The standard InChI is InChI=1S/C16H17N3O5/c1-10(20)11-4-5-12(13(6-11)22-2)24-8-15(21)19-14-7-16(23-3)18-9-17-14/h4-7,9H,8H2,1-3H3,(H,17,18,19,21). The van der Waals surface area contributed by atoms with E-state index in [2.05, 4.69) is 15.3 Å². The topological polar surface area (TPSA) is 99.6 Å². The third kappa shape index (κ3) is 4.42. The van der Waals surface area contributed by atoms with Crippen LogP contribution in [0.2, 0.25) is 0 Å². The van der Waals surface area contributed by atoms with Crippen molar-refractivity contribution in [2.75, 3.05) is 26.1 Å². The van der Waals surface area contributed by atoms with Gasteiger partial charge < -0.3 is 19.5 Å². The molecule has 0 spiro atoms. The number of anilines is 1.